The van der Waals surface area contributed by atoms with Crippen molar-refractivity contribution in [1.82, 2.24) is 0 Å². The molecule has 0 aliphatic heterocycles. The average Bonchev–Trinajstić information content (AvgIpc) is 2.37. The van der Waals surface area contributed by atoms with Crippen LogP contribution in [0.4, 0.5) is 18.9 Å². The van der Waals surface area contributed by atoms with Crippen LogP contribution in [0.25, 0.3) is 0 Å². The Hall–Kier alpha value is -2.98. The van der Waals surface area contributed by atoms with Crippen molar-refractivity contribution in [2.75, 3.05) is 5.32 Å². The van der Waals surface area contributed by atoms with Crippen molar-refractivity contribution in [2.24, 2.45) is 0 Å². The molecule has 1 N–H and O–H groups in total. The monoisotopic (exact) mass is 276 g/mol. The third-order valence-electron chi connectivity index (χ3n) is 2.33. The highest BCUT2D eigenvalue weighted by atomic mass is 19.4. The van der Waals surface area contributed by atoms with Gasteiger partial charge in [-0.05, 0) is 24.6 Å². The number of benzene rings is 1. The van der Waals surface area contributed by atoms with Gasteiger partial charge in [0.05, 0.1) is 11.3 Å². The summed E-state index contributed by atoms with van der Waals surface area (Å²) < 4.78 is 38.5. The summed E-state index contributed by atoms with van der Waals surface area (Å²) in [5, 5.41) is 28.3. The van der Waals surface area contributed by atoms with Crippen LogP contribution in [0.5, 0.6) is 0 Å². The first-order valence-corrected chi connectivity index (χ1v) is 5.23. The number of nitrogens with zero attached hydrogens (tertiary/aromatic N) is 3. The van der Waals surface area contributed by atoms with Gasteiger partial charge in [0.2, 0.25) is 0 Å². The van der Waals surface area contributed by atoms with E-state index in [1.54, 1.807) is 6.92 Å². The van der Waals surface area contributed by atoms with Crippen LogP contribution < -0.4 is 5.32 Å². The average molecular weight is 276 g/mol. The van der Waals surface area contributed by atoms with Crippen molar-refractivity contribution in [2.45, 2.75) is 13.1 Å². The van der Waals surface area contributed by atoms with E-state index in [1.807, 2.05) is 0 Å². The third kappa shape index (κ3) is 3.28. The molecule has 0 saturated carbocycles. The number of hydrogen-bond acceptors (Lipinski definition) is 4. The Morgan fingerprint density at radius 3 is 2.15 bits per heavy atom. The molecular formula is C13H7F3N4. The highest BCUT2D eigenvalue weighted by molar-refractivity contribution is 5.63. The van der Waals surface area contributed by atoms with Crippen LogP contribution in [0.3, 0.4) is 0 Å². The molecule has 100 valence electrons. The maximum absolute atomic E-state index is 12.8. The number of halogens is 3. The van der Waals surface area contributed by atoms with E-state index < -0.39 is 23.0 Å². The lowest BCUT2D eigenvalue weighted by molar-refractivity contribution is -0.136. The quantitative estimate of drug-likeness (QED) is 0.840. The first-order valence-electron chi connectivity index (χ1n) is 5.23. The van der Waals surface area contributed by atoms with E-state index in [-0.39, 0.29) is 5.69 Å². The molecule has 0 amide bonds. The van der Waals surface area contributed by atoms with E-state index in [9.17, 15) is 13.2 Å². The second-order valence-corrected chi connectivity index (χ2v) is 3.76. The molecule has 0 atom stereocenters. The van der Waals surface area contributed by atoms with Gasteiger partial charge in [-0.15, -0.1) is 0 Å². The van der Waals surface area contributed by atoms with Crippen molar-refractivity contribution in [3.8, 4) is 18.2 Å². The van der Waals surface area contributed by atoms with Crippen LogP contribution in [0.2, 0.25) is 0 Å². The smallest absolute Gasteiger partial charge is 0.345 e. The summed E-state index contributed by atoms with van der Waals surface area (Å²) in [6, 6.07) is 7.73. The number of rotatable bonds is 2. The number of nitrogens with one attached hydrogen (secondary N) is 1. The van der Waals surface area contributed by atoms with E-state index >= 15 is 0 Å². The van der Waals surface area contributed by atoms with Crippen LogP contribution >= 0.6 is 0 Å². The molecular weight excluding hydrogens is 269 g/mol. The molecule has 1 aromatic rings. The zero-order valence-corrected chi connectivity index (χ0v) is 10.2. The van der Waals surface area contributed by atoms with Crippen LogP contribution in [-0.4, -0.2) is 0 Å². The Balaban J connectivity index is 3.40. The van der Waals surface area contributed by atoms with Gasteiger partial charge in [0.1, 0.15) is 23.9 Å². The highest BCUT2D eigenvalue weighted by Crippen LogP contribution is 2.35. The summed E-state index contributed by atoms with van der Waals surface area (Å²) in [5.41, 5.74) is -1.93. The maximum Gasteiger partial charge on any atom is 0.418 e. The normalized spacial score (nSPS) is 9.85. The molecule has 4 nitrogen and oxygen atoms in total. The Kier molecular flexibility index (Phi) is 4.35. The van der Waals surface area contributed by atoms with E-state index in [1.165, 1.54) is 30.3 Å². The SMILES string of the molecule is Cc1ccc(C(F)(F)F)c(NC(C#N)=C(C#N)C#N)c1. The summed E-state index contributed by atoms with van der Waals surface area (Å²) in [5.74, 6) is 0. The second kappa shape index (κ2) is 5.77. The summed E-state index contributed by atoms with van der Waals surface area (Å²) in [7, 11) is 0. The van der Waals surface area contributed by atoms with Crippen molar-refractivity contribution in [3.05, 3.63) is 40.6 Å². The maximum atomic E-state index is 12.8. The molecule has 0 heterocycles. The number of nitriles is 3. The van der Waals surface area contributed by atoms with Gasteiger partial charge in [0.15, 0.2) is 5.57 Å². The van der Waals surface area contributed by atoms with Gasteiger partial charge < -0.3 is 5.32 Å². The molecule has 0 bridgehead atoms. The minimum absolute atomic E-state index is 0.378. The number of anilines is 1. The van der Waals surface area contributed by atoms with Crippen molar-refractivity contribution < 1.29 is 13.2 Å². The lowest BCUT2D eigenvalue weighted by atomic mass is 10.1. The third-order valence-corrected chi connectivity index (χ3v) is 2.33. The van der Waals surface area contributed by atoms with Gasteiger partial charge in [-0.1, -0.05) is 6.07 Å². The Morgan fingerprint density at radius 2 is 1.70 bits per heavy atom. The van der Waals surface area contributed by atoms with E-state index in [0.717, 1.165) is 6.07 Å². The predicted octanol–water partition coefficient (Wildman–Crippen LogP) is 3.25. The molecule has 0 aromatic heterocycles. The van der Waals surface area contributed by atoms with Crippen molar-refractivity contribution >= 4 is 5.69 Å². The van der Waals surface area contributed by atoms with Gasteiger partial charge in [0, 0.05) is 0 Å². The Labute approximate surface area is 113 Å². The Bertz CT molecular complexity index is 666. The standard InChI is InChI=1S/C13H7F3N4/c1-8-2-3-10(13(14,15)16)11(4-8)20-12(7-19)9(5-17)6-18/h2-4,20H,1H3. The summed E-state index contributed by atoms with van der Waals surface area (Å²) in [6.07, 6.45) is -4.62. The molecule has 20 heavy (non-hydrogen) atoms. The fourth-order valence-electron chi connectivity index (χ4n) is 1.43. The van der Waals surface area contributed by atoms with Crippen molar-refractivity contribution in [1.29, 1.82) is 15.8 Å². The fourth-order valence-corrected chi connectivity index (χ4v) is 1.43. The summed E-state index contributed by atoms with van der Waals surface area (Å²) in [4.78, 5) is 0. The minimum atomic E-state index is -4.62. The molecule has 0 aliphatic rings. The molecule has 0 saturated heterocycles. The van der Waals surface area contributed by atoms with Crippen LogP contribution in [0, 0.1) is 40.9 Å². The molecule has 0 aliphatic carbocycles. The van der Waals surface area contributed by atoms with Gasteiger partial charge in [0.25, 0.3) is 0 Å². The first kappa shape index (κ1) is 15.1. The lowest BCUT2D eigenvalue weighted by Crippen LogP contribution is -2.11. The molecule has 0 unspecified atom stereocenters. The van der Waals surface area contributed by atoms with Crippen molar-refractivity contribution in [3.63, 3.8) is 0 Å². The molecule has 7 heteroatoms. The van der Waals surface area contributed by atoms with E-state index in [4.69, 9.17) is 15.8 Å². The number of hydrogen-bond donors (Lipinski definition) is 1. The number of alkyl halides is 3. The molecule has 0 radical (unpaired) electrons. The number of aryl methyl sites for hydroxylation is 1. The predicted molar refractivity (Wildman–Crippen MR) is 63.7 cm³/mol. The van der Waals surface area contributed by atoms with Gasteiger partial charge in [-0.3, -0.25) is 0 Å². The zero-order chi connectivity index (χ0) is 15.3. The highest BCUT2D eigenvalue weighted by Gasteiger charge is 2.33. The van der Waals surface area contributed by atoms with Gasteiger partial charge in [-0.25, -0.2) is 0 Å². The van der Waals surface area contributed by atoms with Crippen LogP contribution in [-0.2, 0) is 6.18 Å². The summed E-state index contributed by atoms with van der Waals surface area (Å²) in [6.45, 7) is 1.58. The fraction of sp³-hybridized carbons (Fsp3) is 0.154. The molecule has 1 rings (SSSR count). The molecule has 0 spiro atoms. The van der Waals surface area contributed by atoms with Gasteiger partial charge in [-0.2, -0.15) is 29.0 Å². The lowest BCUT2D eigenvalue weighted by Gasteiger charge is -2.14. The molecule has 0 fully saturated rings. The van der Waals surface area contributed by atoms with Crippen LogP contribution in [0.15, 0.2) is 29.5 Å². The van der Waals surface area contributed by atoms with E-state index in [0.29, 0.717) is 5.56 Å². The van der Waals surface area contributed by atoms with Gasteiger partial charge >= 0.3 is 6.18 Å². The number of allylic oxidation sites excluding steroid dienone is 2. The first-order chi connectivity index (χ1) is 9.33. The second-order valence-electron chi connectivity index (χ2n) is 3.76. The minimum Gasteiger partial charge on any atom is -0.345 e. The Morgan fingerprint density at radius 1 is 1.10 bits per heavy atom. The molecule has 1 aromatic carbocycles. The zero-order valence-electron chi connectivity index (χ0n) is 10.2. The van der Waals surface area contributed by atoms with Crippen LogP contribution in [0.1, 0.15) is 11.1 Å². The topological polar surface area (TPSA) is 83.4 Å². The largest absolute Gasteiger partial charge is 0.418 e. The van der Waals surface area contributed by atoms with E-state index in [2.05, 4.69) is 5.32 Å². The summed E-state index contributed by atoms with van der Waals surface area (Å²) >= 11 is 0.